The van der Waals surface area contributed by atoms with Crippen LogP contribution in [-0.4, -0.2) is 34.5 Å². The summed E-state index contributed by atoms with van der Waals surface area (Å²) < 4.78 is 0. The summed E-state index contributed by atoms with van der Waals surface area (Å²) in [5.41, 5.74) is 0.647. The van der Waals surface area contributed by atoms with Gasteiger partial charge in [-0.3, -0.25) is 9.59 Å². The highest BCUT2D eigenvalue weighted by molar-refractivity contribution is 6.01. The van der Waals surface area contributed by atoms with Crippen LogP contribution in [0, 0.1) is 40.4 Å². The predicted octanol–water partition coefficient (Wildman–Crippen LogP) is 2.69. The summed E-state index contributed by atoms with van der Waals surface area (Å²) >= 11 is 0. The van der Waals surface area contributed by atoms with Crippen molar-refractivity contribution >= 4 is 11.6 Å². The van der Waals surface area contributed by atoms with E-state index in [-0.39, 0.29) is 40.2 Å². The number of aliphatic hydroxyl groups is 2. The highest BCUT2D eigenvalue weighted by atomic mass is 16.3. The fraction of sp³-hybridized carbons (Fsp3) is 0.727. The topological polar surface area (TPSA) is 74.6 Å². The van der Waals surface area contributed by atoms with E-state index >= 15 is 0 Å². The summed E-state index contributed by atoms with van der Waals surface area (Å²) in [5.74, 6) is 0.886. The molecular weight excluding hydrogens is 328 g/mol. The molecule has 0 amide bonds. The first kappa shape index (κ1) is 18.1. The molecule has 26 heavy (non-hydrogen) atoms. The van der Waals surface area contributed by atoms with Gasteiger partial charge in [-0.15, -0.1) is 0 Å². The minimum atomic E-state index is -0.493. The molecule has 4 unspecified atom stereocenters. The standard InChI is InChI=1S/C22H30O4/c1-12-8-16-15-5-4-13-9-14(24)6-7-21(13,2)20(15)17(25)10-22(16,3)19(12)18(26)11-23/h6-7,9,12,15-17,19-20,23,25H,4-5,8,10-11H2,1-3H3/t12-,15?,16?,17?,19-,20?,21+,22+/m1/s1. The molecule has 4 heteroatoms. The fourth-order valence-electron chi connectivity index (χ4n) is 7.48. The highest BCUT2D eigenvalue weighted by Gasteiger charge is 2.64. The predicted molar refractivity (Wildman–Crippen MR) is 98.1 cm³/mol. The minimum Gasteiger partial charge on any atom is -0.393 e. The Labute approximate surface area is 155 Å². The third kappa shape index (κ3) is 2.27. The minimum absolute atomic E-state index is 0.0501. The van der Waals surface area contributed by atoms with Crippen molar-refractivity contribution in [3.8, 4) is 0 Å². The van der Waals surface area contributed by atoms with Crippen molar-refractivity contribution in [2.24, 2.45) is 40.4 Å². The smallest absolute Gasteiger partial charge is 0.178 e. The van der Waals surface area contributed by atoms with E-state index in [0.717, 1.165) is 24.8 Å². The molecule has 4 rings (SSSR count). The zero-order valence-electron chi connectivity index (χ0n) is 15.9. The van der Waals surface area contributed by atoms with Crippen LogP contribution in [0.5, 0.6) is 0 Å². The van der Waals surface area contributed by atoms with Crippen molar-refractivity contribution in [2.45, 2.75) is 52.6 Å². The molecule has 0 aromatic heterocycles. The Balaban J connectivity index is 1.74. The maximum Gasteiger partial charge on any atom is 0.178 e. The lowest BCUT2D eigenvalue weighted by atomic mass is 9.46. The lowest BCUT2D eigenvalue weighted by Gasteiger charge is -2.58. The molecular formula is C22H30O4. The van der Waals surface area contributed by atoms with Gasteiger partial charge in [-0.2, -0.15) is 0 Å². The molecule has 0 saturated heterocycles. The number of ketones is 2. The molecule has 0 radical (unpaired) electrons. The molecule has 8 atom stereocenters. The van der Waals surface area contributed by atoms with E-state index in [1.54, 1.807) is 12.2 Å². The Morgan fingerprint density at radius 2 is 2.08 bits per heavy atom. The first-order valence-corrected chi connectivity index (χ1v) is 9.98. The fourth-order valence-corrected chi connectivity index (χ4v) is 7.48. The van der Waals surface area contributed by atoms with Gasteiger partial charge in [-0.05, 0) is 61.0 Å². The average molecular weight is 358 g/mol. The zero-order chi connectivity index (χ0) is 18.9. The van der Waals surface area contributed by atoms with Crippen LogP contribution < -0.4 is 0 Å². The maximum atomic E-state index is 12.5. The number of fused-ring (bicyclic) bond motifs is 5. The van der Waals surface area contributed by atoms with E-state index in [9.17, 15) is 19.8 Å². The molecule has 0 spiro atoms. The molecule has 0 heterocycles. The highest BCUT2D eigenvalue weighted by Crippen LogP contribution is 2.67. The molecule has 4 aliphatic carbocycles. The van der Waals surface area contributed by atoms with Crippen LogP contribution in [0.1, 0.15) is 46.5 Å². The molecule has 0 aliphatic heterocycles. The number of hydrogen-bond donors (Lipinski definition) is 2. The SMILES string of the molecule is C[C@@H]1CC2C3CCC4=CC(=O)C=C[C@]4(C)C3C(O)C[C@]2(C)[C@H]1C(=O)CO. The van der Waals surface area contributed by atoms with Crippen LogP contribution in [0.15, 0.2) is 23.8 Å². The van der Waals surface area contributed by atoms with Gasteiger partial charge in [0, 0.05) is 17.3 Å². The van der Waals surface area contributed by atoms with Crippen LogP contribution in [0.4, 0.5) is 0 Å². The molecule has 2 N–H and O–H groups in total. The quantitative estimate of drug-likeness (QED) is 0.796. The number of allylic oxidation sites excluding steroid dienone is 4. The summed E-state index contributed by atoms with van der Waals surface area (Å²) in [6, 6.07) is 0. The van der Waals surface area contributed by atoms with Crippen molar-refractivity contribution < 1.29 is 19.8 Å². The normalized spacial score (nSPS) is 49.9. The monoisotopic (exact) mass is 358 g/mol. The van der Waals surface area contributed by atoms with Crippen LogP contribution >= 0.6 is 0 Å². The van der Waals surface area contributed by atoms with Crippen molar-refractivity contribution in [3.63, 3.8) is 0 Å². The molecule has 4 aliphatic rings. The molecule has 0 bridgehead atoms. The summed E-state index contributed by atoms with van der Waals surface area (Å²) in [6.45, 7) is 6.04. The Hall–Kier alpha value is -1.26. The van der Waals surface area contributed by atoms with Gasteiger partial charge in [0.1, 0.15) is 6.61 Å². The lowest BCUT2D eigenvalue weighted by molar-refractivity contribution is -0.142. The molecule has 0 aromatic carbocycles. The van der Waals surface area contributed by atoms with Crippen LogP contribution in [0.25, 0.3) is 0 Å². The van der Waals surface area contributed by atoms with Gasteiger partial charge in [0.25, 0.3) is 0 Å². The summed E-state index contributed by atoms with van der Waals surface area (Å²) in [4.78, 5) is 24.3. The van der Waals surface area contributed by atoms with E-state index in [4.69, 9.17) is 0 Å². The van der Waals surface area contributed by atoms with Gasteiger partial charge >= 0.3 is 0 Å². The van der Waals surface area contributed by atoms with Crippen molar-refractivity contribution in [1.82, 2.24) is 0 Å². The first-order chi connectivity index (χ1) is 12.2. The second-order valence-electron chi connectivity index (χ2n) is 9.62. The van der Waals surface area contributed by atoms with Crippen molar-refractivity contribution in [3.05, 3.63) is 23.8 Å². The first-order valence-electron chi connectivity index (χ1n) is 9.98. The van der Waals surface area contributed by atoms with Crippen molar-refractivity contribution in [2.75, 3.05) is 6.61 Å². The van der Waals surface area contributed by atoms with E-state index < -0.39 is 12.7 Å². The molecule has 0 aromatic rings. The number of rotatable bonds is 2. The van der Waals surface area contributed by atoms with Gasteiger partial charge in [0.2, 0.25) is 0 Å². The van der Waals surface area contributed by atoms with Gasteiger partial charge in [-0.25, -0.2) is 0 Å². The number of carbonyl (C=O) groups excluding carboxylic acids is 2. The third-order valence-electron chi connectivity index (χ3n) is 8.34. The Bertz CT molecular complexity index is 707. The molecule has 4 nitrogen and oxygen atoms in total. The zero-order valence-corrected chi connectivity index (χ0v) is 15.9. The van der Waals surface area contributed by atoms with E-state index in [0.29, 0.717) is 18.3 Å². The molecule has 3 saturated carbocycles. The number of aliphatic hydroxyl groups excluding tert-OH is 2. The lowest BCUT2D eigenvalue weighted by Crippen LogP contribution is -2.56. The molecule has 142 valence electrons. The van der Waals surface area contributed by atoms with Gasteiger partial charge in [0.15, 0.2) is 11.6 Å². The van der Waals surface area contributed by atoms with Crippen LogP contribution in [0.2, 0.25) is 0 Å². The number of carbonyl (C=O) groups is 2. The summed E-state index contributed by atoms with van der Waals surface area (Å²) in [7, 11) is 0. The summed E-state index contributed by atoms with van der Waals surface area (Å²) in [6.07, 6.45) is 8.39. The largest absolute Gasteiger partial charge is 0.393 e. The van der Waals surface area contributed by atoms with Gasteiger partial charge < -0.3 is 10.2 Å². The number of hydrogen-bond acceptors (Lipinski definition) is 4. The third-order valence-corrected chi connectivity index (χ3v) is 8.34. The Morgan fingerprint density at radius 1 is 1.35 bits per heavy atom. The van der Waals surface area contributed by atoms with E-state index in [2.05, 4.69) is 20.8 Å². The number of Topliss-reactive ketones (excluding diaryl/α,β-unsaturated/α-hetero) is 1. The maximum absolute atomic E-state index is 12.5. The Morgan fingerprint density at radius 3 is 2.77 bits per heavy atom. The van der Waals surface area contributed by atoms with Gasteiger partial charge in [0.05, 0.1) is 6.10 Å². The second kappa shape index (κ2) is 5.87. The van der Waals surface area contributed by atoms with E-state index in [1.807, 2.05) is 6.08 Å². The Kier molecular flexibility index (Phi) is 4.09. The van der Waals surface area contributed by atoms with Crippen LogP contribution in [0.3, 0.4) is 0 Å². The summed E-state index contributed by atoms with van der Waals surface area (Å²) in [5, 5.41) is 20.7. The van der Waals surface area contributed by atoms with Crippen molar-refractivity contribution in [1.29, 1.82) is 0 Å². The average Bonchev–Trinajstić information content (AvgIpc) is 2.84. The van der Waals surface area contributed by atoms with Crippen LogP contribution in [-0.2, 0) is 9.59 Å². The van der Waals surface area contributed by atoms with Gasteiger partial charge in [-0.1, -0.05) is 32.4 Å². The van der Waals surface area contributed by atoms with E-state index in [1.165, 1.54) is 0 Å². The second-order valence-corrected chi connectivity index (χ2v) is 9.62. The molecule has 3 fully saturated rings.